The monoisotopic (exact) mass is 455 g/mol. The summed E-state index contributed by atoms with van der Waals surface area (Å²) in [5.74, 6) is -0.542. The maximum absolute atomic E-state index is 12.2. The second-order valence-electron chi connectivity index (χ2n) is 6.64. The van der Waals surface area contributed by atoms with Crippen molar-refractivity contribution in [1.29, 1.82) is 0 Å². The Kier molecular flexibility index (Phi) is 7.70. The van der Waals surface area contributed by atoms with Gasteiger partial charge in [0.1, 0.15) is 17.2 Å². The lowest BCUT2D eigenvalue weighted by Gasteiger charge is -2.08. The van der Waals surface area contributed by atoms with Crippen molar-refractivity contribution in [2.75, 3.05) is 0 Å². The Labute approximate surface area is 189 Å². The number of amides is 1. The number of benzene rings is 3. The minimum Gasteiger partial charge on any atom is -0.477 e. The Balaban J connectivity index is 1.63. The number of nitrogens with one attached hydrogen (secondary N) is 1. The maximum atomic E-state index is 12.2. The van der Waals surface area contributed by atoms with Crippen LogP contribution in [0.2, 0.25) is 10.0 Å². The van der Waals surface area contributed by atoms with E-state index in [1.807, 2.05) is 18.2 Å². The molecule has 0 saturated heterocycles. The molecule has 0 unspecified atom stereocenters. The third-order valence-electron chi connectivity index (χ3n) is 4.31. The van der Waals surface area contributed by atoms with Gasteiger partial charge in [-0.3, -0.25) is 4.79 Å². The molecule has 0 aliphatic rings. The van der Waals surface area contributed by atoms with Crippen LogP contribution < -0.4 is 10.1 Å². The van der Waals surface area contributed by atoms with Gasteiger partial charge in [-0.05, 0) is 60.0 Å². The van der Waals surface area contributed by atoms with Crippen molar-refractivity contribution >= 4 is 41.2 Å². The molecule has 5 nitrogen and oxygen atoms in total. The molecule has 0 aromatic heterocycles. The molecule has 3 rings (SSSR count). The number of hydrogen-bond donors (Lipinski definition) is 2. The zero-order valence-electron chi connectivity index (χ0n) is 16.3. The lowest BCUT2D eigenvalue weighted by atomic mass is 10.1. The molecule has 0 atom stereocenters. The fourth-order valence-corrected chi connectivity index (χ4v) is 3.03. The number of aryl methyl sites for hydroxylation is 1. The van der Waals surface area contributed by atoms with Crippen molar-refractivity contribution in [3.63, 3.8) is 0 Å². The van der Waals surface area contributed by atoms with Crippen molar-refractivity contribution in [3.05, 3.63) is 99.7 Å². The predicted octanol–water partition coefficient (Wildman–Crippen LogP) is 5.96. The molecule has 158 valence electrons. The van der Waals surface area contributed by atoms with E-state index in [9.17, 15) is 14.7 Å². The number of para-hydroxylation sites is 1. The van der Waals surface area contributed by atoms with E-state index in [0.29, 0.717) is 33.5 Å². The summed E-state index contributed by atoms with van der Waals surface area (Å²) >= 11 is 11.9. The summed E-state index contributed by atoms with van der Waals surface area (Å²) in [6.45, 7) is 0. The molecule has 0 aliphatic carbocycles. The smallest absolute Gasteiger partial charge is 0.352 e. The van der Waals surface area contributed by atoms with E-state index < -0.39 is 5.97 Å². The van der Waals surface area contributed by atoms with E-state index in [0.717, 1.165) is 5.56 Å². The van der Waals surface area contributed by atoms with Crippen molar-refractivity contribution in [1.82, 2.24) is 5.32 Å². The summed E-state index contributed by atoms with van der Waals surface area (Å²) in [7, 11) is 0. The number of carboxylic acid groups (broad SMARTS) is 1. The van der Waals surface area contributed by atoms with Gasteiger partial charge in [-0.1, -0.05) is 59.6 Å². The molecule has 0 heterocycles. The van der Waals surface area contributed by atoms with Crippen LogP contribution in [-0.2, 0) is 16.0 Å². The average molecular weight is 456 g/mol. The molecule has 31 heavy (non-hydrogen) atoms. The van der Waals surface area contributed by atoms with E-state index in [4.69, 9.17) is 27.9 Å². The van der Waals surface area contributed by atoms with Gasteiger partial charge < -0.3 is 15.2 Å². The van der Waals surface area contributed by atoms with Gasteiger partial charge in [0, 0.05) is 11.4 Å². The van der Waals surface area contributed by atoms with Crippen LogP contribution in [0.1, 0.15) is 17.5 Å². The molecule has 0 radical (unpaired) electrons. The summed E-state index contributed by atoms with van der Waals surface area (Å²) in [5, 5.41) is 13.0. The van der Waals surface area contributed by atoms with Crippen LogP contribution in [0.15, 0.2) is 78.5 Å². The maximum Gasteiger partial charge on any atom is 0.352 e. The van der Waals surface area contributed by atoms with Crippen LogP contribution in [-0.4, -0.2) is 17.0 Å². The van der Waals surface area contributed by atoms with Gasteiger partial charge in [0.2, 0.25) is 5.91 Å². The highest BCUT2D eigenvalue weighted by atomic mass is 35.5. The number of rotatable bonds is 8. The summed E-state index contributed by atoms with van der Waals surface area (Å²) < 4.78 is 5.72. The van der Waals surface area contributed by atoms with E-state index >= 15 is 0 Å². The molecular formula is C24H19Cl2NO4. The minimum absolute atomic E-state index is 0.150. The molecule has 0 fully saturated rings. The Bertz CT molecular complexity index is 1090. The molecular weight excluding hydrogens is 437 g/mol. The fourth-order valence-electron chi connectivity index (χ4n) is 2.73. The number of halogens is 2. The van der Waals surface area contributed by atoms with Gasteiger partial charge in [0.15, 0.2) is 0 Å². The minimum atomic E-state index is -1.23. The normalized spacial score (nSPS) is 11.1. The number of ether oxygens (including phenoxy) is 1. The van der Waals surface area contributed by atoms with Crippen LogP contribution in [0.25, 0.3) is 6.08 Å². The van der Waals surface area contributed by atoms with Gasteiger partial charge in [-0.15, -0.1) is 0 Å². The fraction of sp³-hybridized carbons (Fsp3) is 0.0833. The van der Waals surface area contributed by atoms with Crippen LogP contribution >= 0.6 is 23.2 Å². The molecule has 0 bridgehead atoms. The molecule has 3 aromatic carbocycles. The molecule has 0 aliphatic heterocycles. The molecule has 0 spiro atoms. The number of carboxylic acids is 1. The Morgan fingerprint density at radius 1 is 0.935 bits per heavy atom. The largest absolute Gasteiger partial charge is 0.477 e. The van der Waals surface area contributed by atoms with Crippen molar-refractivity contribution in [2.24, 2.45) is 0 Å². The lowest BCUT2D eigenvalue weighted by molar-refractivity contribution is -0.134. The highest BCUT2D eigenvalue weighted by Gasteiger charge is 2.12. The zero-order valence-corrected chi connectivity index (χ0v) is 17.9. The van der Waals surface area contributed by atoms with Gasteiger partial charge >= 0.3 is 5.97 Å². The summed E-state index contributed by atoms with van der Waals surface area (Å²) in [4.78, 5) is 23.8. The quantitative estimate of drug-likeness (QED) is 0.410. The third kappa shape index (κ3) is 6.88. The Hall–Kier alpha value is -3.28. The number of carbonyl (C=O) groups is 2. The second kappa shape index (κ2) is 10.7. The first-order chi connectivity index (χ1) is 14.9. The van der Waals surface area contributed by atoms with Crippen LogP contribution in [0.5, 0.6) is 11.5 Å². The van der Waals surface area contributed by atoms with Crippen molar-refractivity contribution in [2.45, 2.75) is 12.8 Å². The van der Waals surface area contributed by atoms with E-state index in [1.165, 1.54) is 6.08 Å². The van der Waals surface area contributed by atoms with Crippen molar-refractivity contribution in [3.8, 4) is 11.5 Å². The molecule has 1 amide bonds. The molecule has 7 heteroatoms. The third-order valence-corrected chi connectivity index (χ3v) is 4.88. The van der Waals surface area contributed by atoms with Gasteiger partial charge in [-0.25, -0.2) is 4.79 Å². The first-order valence-corrected chi connectivity index (χ1v) is 10.2. The highest BCUT2D eigenvalue weighted by molar-refractivity contribution is 6.32. The highest BCUT2D eigenvalue weighted by Crippen LogP contribution is 2.29. The summed E-state index contributed by atoms with van der Waals surface area (Å²) in [6, 6.07) is 21.0. The molecule has 3 aromatic rings. The first kappa shape index (κ1) is 22.4. The standard InChI is InChI=1S/C24H19Cl2NO4/c25-18-10-5-16(6-11-18)9-14-23(28)27-21(24(29)30)15-17-7-12-19(13-8-17)31-22-4-2-1-3-20(22)26/h1-8,10-13,15H,9,14H2,(H,27,28)(H,29,30). The summed E-state index contributed by atoms with van der Waals surface area (Å²) in [5.41, 5.74) is 1.33. The average Bonchev–Trinajstić information content (AvgIpc) is 2.75. The van der Waals surface area contributed by atoms with Gasteiger partial charge in [0.25, 0.3) is 0 Å². The number of carbonyl (C=O) groups excluding carboxylic acids is 1. The Morgan fingerprint density at radius 2 is 1.61 bits per heavy atom. The van der Waals surface area contributed by atoms with E-state index in [2.05, 4.69) is 5.32 Å². The van der Waals surface area contributed by atoms with Crippen LogP contribution in [0, 0.1) is 0 Å². The number of hydrogen-bond acceptors (Lipinski definition) is 3. The number of aliphatic carboxylic acids is 1. The molecule has 2 N–H and O–H groups in total. The topological polar surface area (TPSA) is 75.6 Å². The second-order valence-corrected chi connectivity index (χ2v) is 7.48. The van der Waals surface area contributed by atoms with Crippen LogP contribution in [0.3, 0.4) is 0 Å². The van der Waals surface area contributed by atoms with Crippen LogP contribution in [0.4, 0.5) is 0 Å². The van der Waals surface area contributed by atoms with Gasteiger partial charge in [0.05, 0.1) is 5.02 Å². The molecule has 0 saturated carbocycles. The summed E-state index contributed by atoms with van der Waals surface area (Å²) in [6.07, 6.45) is 2.02. The Morgan fingerprint density at radius 3 is 2.26 bits per heavy atom. The first-order valence-electron chi connectivity index (χ1n) is 9.42. The zero-order chi connectivity index (χ0) is 22.2. The predicted molar refractivity (Wildman–Crippen MR) is 121 cm³/mol. The van der Waals surface area contributed by atoms with E-state index in [-0.39, 0.29) is 18.0 Å². The lowest BCUT2D eigenvalue weighted by Crippen LogP contribution is -2.27. The van der Waals surface area contributed by atoms with Crippen molar-refractivity contribution < 1.29 is 19.4 Å². The SMILES string of the molecule is O=C(CCc1ccc(Cl)cc1)NC(=Cc1ccc(Oc2ccccc2Cl)cc1)C(=O)O. The van der Waals surface area contributed by atoms with E-state index in [1.54, 1.807) is 54.6 Å². The van der Waals surface area contributed by atoms with Gasteiger partial charge in [-0.2, -0.15) is 0 Å².